The van der Waals surface area contributed by atoms with Crippen LogP contribution >= 0.6 is 0 Å². The van der Waals surface area contributed by atoms with Crippen molar-refractivity contribution in [2.24, 2.45) is 0 Å². The van der Waals surface area contributed by atoms with E-state index in [0.717, 1.165) is 25.3 Å². The minimum Gasteiger partial charge on any atom is -0.316 e. The Morgan fingerprint density at radius 2 is 2.05 bits per heavy atom. The van der Waals surface area contributed by atoms with Crippen LogP contribution in [0.4, 0.5) is 0 Å². The lowest BCUT2D eigenvalue weighted by Crippen LogP contribution is -2.26. The van der Waals surface area contributed by atoms with Gasteiger partial charge in [0.2, 0.25) is 0 Å². The zero-order valence-corrected chi connectivity index (χ0v) is 12.4. The number of nitrogens with one attached hydrogen (secondary N) is 1. The SMILES string of the molecule is CCC[C@@H](C)NCc1nncn1CCc1ccccc1. The first-order valence-corrected chi connectivity index (χ1v) is 7.43. The van der Waals surface area contributed by atoms with E-state index in [9.17, 15) is 0 Å². The molecule has 0 bridgehead atoms. The van der Waals surface area contributed by atoms with Gasteiger partial charge in [-0.25, -0.2) is 0 Å². The Hall–Kier alpha value is -1.68. The van der Waals surface area contributed by atoms with Gasteiger partial charge in [-0.05, 0) is 25.3 Å². The topological polar surface area (TPSA) is 42.7 Å². The van der Waals surface area contributed by atoms with Gasteiger partial charge >= 0.3 is 0 Å². The molecule has 2 rings (SSSR count). The molecule has 0 aliphatic heterocycles. The number of hydrogen-bond acceptors (Lipinski definition) is 3. The van der Waals surface area contributed by atoms with Crippen molar-refractivity contribution in [1.29, 1.82) is 0 Å². The van der Waals surface area contributed by atoms with Crippen LogP contribution < -0.4 is 5.32 Å². The van der Waals surface area contributed by atoms with Gasteiger partial charge < -0.3 is 9.88 Å². The predicted octanol–water partition coefficient (Wildman–Crippen LogP) is 2.80. The van der Waals surface area contributed by atoms with Crippen molar-refractivity contribution in [3.8, 4) is 0 Å². The second-order valence-corrected chi connectivity index (χ2v) is 5.25. The molecule has 0 saturated carbocycles. The first kappa shape index (κ1) is 14.7. The molecule has 1 N–H and O–H groups in total. The van der Waals surface area contributed by atoms with E-state index in [1.807, 2.05) is 12.4 Å². The smallest absolute Gasteiger partial charge is 0.146 e. The zero-order valence-electron chi connectivity index (χ0n) is 12.4. The highest BCUT2D eigenvalue weighted by Gasteiger charge is 2.06. The fraction of sp³-hybridized carbons (Fsp3) is 0.500. The highest BCUT2D eigenvalue weighted by molar-refractivity contribution is 5.14. The molecular weight excluding hydrogens is 248 g/mol. The van der Waals surface area contributed by atoms with Gasteiger partial charge in [-0.15, -0.1) is 10.2 Å². The van der Waals surface area contributed by atoms with E-state index in [-0.39, 0.29) is 0 Å². The highest BCUT2D eigenvalue weighted by atomic mass is 15.3. The lowest BCUT2D eigenvalue weighted by atomic mass is 10.1. The molecule has 1 aromatic carbocycles. The minimum atomic E-state index is 0.527. The number of rotatable bonds is 8. The van der Waals surface area contributed by atoms with Crippen molar-refractivity contribution >= 4 is 0 Å². The molecule has 1 atom stereocenters. The van der Waals surface area contributed by atoms with Crippen LogP contribution in [0.5, 0.6) is 0 Å². The number of benzene rings is 1. The van der Waals surface area contributed by atoms with Crippen LogP contribution in [-0.2, 0) is 19.5 Å². The average Bonchev–Trinajstić information content (AvgIpc) is 2.92. The molecule has 1 aromatic heterocycles. The van der Waals surface area contributed by atoms with Crippen molar-refractivity contribution in [2.45, 2.75) is 52.2 Å². The summed E-state index contributed by atoms with van der Waals surface area (Å²) in [6.45, 7) is 6.14. The summed E-state index contributed by atoms with van der Waals surface area (Å²) in [4.78, 5) is 0. The van der Waals surface area contributed by atoms with E-state index in [4.69, 9.17) is 0 Å². The molecule has 0 radical (unpaired) electrons. The molecule has 0 fully saturated rings. The van der Waals surface area contributed by atoms with Gasteiger partial charge in [0.25, 0.3) is 0 Å². The number of nitrogens with zero attached hydrogens (tertiary/aromatic N) is 3. The minimum absolute atomic E-state index is 0.527. The summed E-state index contributed by atoms with van der Waals surface area (Å²) >= 11 is 0. The lowest BCUT2D eigenvalue weighted by Gasteiger charge is -2.13. The molecule has 0 unspecified atom stereocenters. The summed E-state index contributed by atoms with van der Waals surface area (Å²) in [6.07, 6.45) is 5.23. The molecule has 2 aromatic rings. The summed E-state index contributed by atoms with van der Waals surface area (Å²) in [7, 11) is 0. The van der Waals surface area contributed by atoms with E-state index in [2.05, 4.69) is 58.2 Å². The maximum absolute atomic E-state index is 4.21. The molecule has 20 heavy (non-hydrogen) atoms. The Kier molecular flexibility index (Phi) is 5.74. The van der Waals surface area contributed by atoms with Gasteiger partial charge in [0.05, 0.1) is 6.54 Å². The van der Waals surface area contributed by atoms with Crippen LogP contribution in [0.25, 0.3) is 0 Å². The fourth-order valence-corrected chi connectivity index (χ4v) is 2.30. The van der Waals surface area contributed by atoms with Crippen molar-refractivity contribution in [1.82, 2.24) is 20.1 Å². The average molecular weight is 272 g/mol. The summed E-state index contributed by atoms with van der Waals surface area (Å²) in [6, 6.07) is 11.1. The monoisotopic (exact) mass is 272 g/mol. The van der Waals surface area contributed by atoms with Gasteiger partial charge in [-0.1, -0.05) is 43.7 Å². The van der Waals surface area contributed by atoms with E-state index in [0.29, 0.717) is 6.04 Å². The molecule has 0 aliphatic rings. The molecule has 4 heteroatoms. The Labute approximate surface area is 121 Å². The summed E-state index contributed by atoms with van der Waals surface area (Å²) in [5.41, 5.74) is 1.35. The second-order valence-electron chi connectivity index (χ2n) is 5.25. The van der Waals surface area contributed by atoms with Crippen LogP contribution in [0.2, 0.25) is 0 Å². The first-order valence-electron chi connectivity index (χ1n) is 7.43. The molecule has 108 valence electrons. The number of hydrogen-bond donors (Lipinski definition) is 1. The quantitative estimate of drug-likeness (QED) is 0.803. The van der Waals surface area contributed by atoms with Crippen molar-refractivity contribution in [2.75, 3.05) is 0 Å². The first-order chi connectivity index (χ1) is 9.79. The maximum Gasteiger partial charge on any atom is 0.146 e. The van der Waals surface area contributed by atoms with Crippen LogP contribution in [0.3, 0.4) is 0 Å². The Balaban J connectivity index is 1.85. The van der Waals surface area contributed by atoms with Crippen LogP contribution in [0.1, 0.15) is 38.1 Å². The van der Waals surface area contributed by atoms with Gasteiger partial charge in [0.15, 0.2) is 0 Å². The van der Waals surface area contributed by atoms with Crippen molar-refractivity contribution in [3.05, 3.63) is 48.0 Å². The van der Waals surface area contributed by atoms with Crippen LogP contribution in [0.15, 0.2) is 36.7 Å². The molecular formula is C16H24N4. The Morgan fingerprint density at radius 3 is 2.80 bits per heavy atom. The van der Waals surface area contributed by atoms with Crippen molar-refractivity contribution < 1.29 is 0 Å². The molecule has 0 aliphatic carbocycles. The highest BCUT2D eigenvalue weighted by Crippen LogP contribution is 2.04. The third-order valence-corrected chi connectivity index (χ3v) is 3.51. The molecule has 0 spiro atoms. The third kappa shape index (κ3) is 4.46. The second kappa shape index (κ2) is 7.80. The summed E-state index contributed by atoms with van der Waals surface area (Å²) in [5, 5.41) is 11.7. The maximum atomic E-state index is 4.21. The lowest BCUT2D eigenvalue weighted by molar-refractivity contribution is 0.487. The van der Waals surface area contributed by atoms with Crippen LogP contribution in [0, 0.1) is 0 Å². The van der Waals surface area contributed by atoms with Crippen molar-refractivity contribution in [3.63, 3.8) is 0 Å². The van der Waals surface area contributed by atoms with E-state index >= 15 is 0 Å². The summed E-state index contributed by atoms with van der Waals surface area (Å²) in [5.74, 6) is 1.02. The zero-order chi connectivity index (χ0) is 14.2. The Morgan fingerprint density at radius 1 is 1.25 bits per heavy atom. The van der Waals surface area contributed by atoms with E-state index in [1.54, 1.807) is 0 Å². The summed E-state index contributed by atoms with van der Waals surface area (Å²) < 4.78 is 2.14. The van der Waals surface area contributed by atoms with Gasteiger partial charge in [-0.3, -0.25) is 0 Å². The predicted molar refractivity (Wildman–Crippen MR) is 81.4 cm³/mol. The van der Waals surface area contributed by atoms with Gasteiger partial charge in [-0.2, -0.15) is 0 Å². The molecule has 1 heterocycles. The standard InChI is InChI=1S/C16H24N4/c1-3-7-14(2)17-12-16-19-18-13-20(16)11-10-15-8-5-4-6-9-15/h4-6,8-9,13-14,17H,3,7,10-12H2,1-2H3/t14-/m1/s1. The van der Waals surface area contributed by atoms with Gasteiger partial charge in [0, 0.05) is 12.6 Å². The van der Waals surface area contributed by atoms with Gasteiger partial charge in [0.1, 0.15) is 12.2 Å². The van der Waals surface area contributed by atoms with E-state index < -0.39 is 0 Å². The molecule has 0 amide bonds. The number of aryl methyl sites for hydroxylation is 2. The molecule has 0 saturated heterocycles. The van der Waals surface area contributed by atoms with E-state index in [1.165, 1.54) is 18.4 Å². The van der Waals surface area contributed by atoms with Crippen LogP contribution in [-0.4, -0.2) is 20.8 Å². The molecule has 4 nitrogen and oxygen atoms in total. The Bertz CT molecular complexity index is 492. The largest absolute Gasteiger partial charge is 0.316 e. The third-order valence-electron chi connectivity index (χ3n) is 3.51. The normalized spacial score (nSPS) is 12.5. The number of aromatic nitrogens is 3. The fourth-order valence-electron chi connectivity index (χ4n) is 2.30.